The van der Waals surface area contributed by atoms with Gasteiger partial charge in [-0.05, 0) is 32.2 Å². The maximum absolute atomic E-state index is 8.78. The molecular weight excluding hydrogens is 302 g/mol. The molecule has 0 aromatic heterocycles. The molecule has 0 saturated heterocycles. The van der Waals surface area contributed by atoms with Gasteiger partial charge in [-0.25, -0.2) is 0 Å². The molecule has 0 aromatic rings. The van der Waals surface area contributed by atoms with E-state index in [4.69, 9.17) is 14.6 Å². The third-order valence-electron chi connectivity index (χ3n) is 4.40. The highest BCUT2D eigenvalue weighted by Crippen LogP contribution is 2.07. The van der Waals surface area contributed by atoms with E-state index in [1.165, 1.54) is 64.3 Å². The van der Waals surface area contributed by atoms with Crippen molar-refractivity contribution in [3.05, 3.63) is 0 Å². The van der Waals surface area contributed by atoms with Crippen LogP contribution in [0.1, 0.15) is 77.6 Å². The van der Waals surface area contributed by atoms with Crippen molar-refractivity contribution < 1.29 is 14.6 Å². The number of nitrogens with zero attached hydrogens (tertiary/aromatic N) is 1. The highest BCUT2D eigenvalue weighted by atomic mass is 16.5. The lowest BCUT2D eigenvalue weighted by Crippen LogP contribution is -2.30. The van der Waals surface area contributed by atoms with E-state index in [9.17, 15) is 0 Å². The minimum absolute atomic E-state index is 0.339. The zero-order chi connectivity index (χ0) is 17.7. The Kier molecular flexibility index (Phi) is 20.7. The maximum Gasteiger partial charge on any atom is 0.0593 e. The molecule has 1 N–H and O–H groups in total. The molecule has 0 saturated carbocycles. The van der Waals surface area contributed by atoms with E-state index >= 15 is 0 Å². The minimum Gasteiger partial charge on any atom is -0.396 e. The number of hydrogen-bond donors (Lipinski definition) is 1. The number of methoxy groups -OCH3 is 1. The summed E-state index contributed by atoms with van der Waals surface area (Å²) in [6.45, 7) is 8.52. The van der Waals surface area contributed by atoms with Gasteiger partial charge in [-0.15, -0.1) is 0 Å². The van der Waals surface area contributed by atoms with Crippen molar-refractivity contribution >= 4 is 0 Å². The molecule has 0 fully saturated rings. The van der Waals surface area contributed by atoms with Gasteiger partial charge in [-0.3, -0.25) is 0 Å². The minimum atomic E-state index is 0.339. The Hall–Kier alpha value is -0.160. The number of rotatable bonds is 20. The number of unbranched alkanes of at least 4 members (excludes halogenated alkanes) is 8. The Balaban J connectivity index is 3.64. The van der Waals surface area contributed by atoms with Gasteiger partial charge in [0.2, 0.25) is 0 Å². The fraction of sp³-hybridized carbons (Fsp3) is 1.00. The summed E-state index contributed by atoms with van der Waals surface area (Å²) in [5, 5.41) is 8.78. The molecule has 0 rings (SSSR count). The molecular formula is C20H43NO3. The molecule has 0 atom stereocenters. The van der Waals surface area contributed by atoms with Crippen LogP contribution in [0.25, 0.3) is 0 Å². The van der Waals surface area contributed by atoms with E-state index in [2.05, 4.69) is 11.8 Å². The molecule has 0 aliphatic carbocycles. The highest BCUT2D eigenvalue weighted by Gasteiger charge is 2.05. The predicted octanol–water partition coefficient (Wildman–Crippen LogP) is 4.25. The normalized spacial score (nSPS) is 11.5. The summed E-state index contributed by atoms with van der Waals surface area (Å²) in [6, 6.07) is 0. The third kappa shape index (κ3) is 18.2. The molecule has 0 radical (unpaired) electrons. The molecule has 146 valence electrons. The van der Waals surface area contributed by atoms with Gasteiger partial charge in [0.15, 0.2) is 0 Å². The topological polar surface area (TPSA) is 41.9 Å². The molecule has 4 heteroatoms. The molecule has 0 spiro atoms. The van der Waals surface area contributed by atoms with Crippen LogP contribution >= 0.6 is 0 Å². The van der Waals surface area contributed by atoms with Crippen LogP contribution in [0.5, 0.6) is 0 Å². The molecule has 0 bridgehead atoms. The Morgan fingerprint density at radius 1 is 0.667 bits per heavy atom. The second-order valence-corrected chi connectivity index (χ2v) is 6.71. The van der Waals surface area contributed by atoms with Crippen LogP contribution in [0.15, 0.2) is 0 Å². The second-order valence-electron chi connectivity index (χ2n) is 6.71. The van der Waals surface area contributed by atoms with Crippen LogP contribution in [-0.4, -0.2) is 63.2 Å². The first-order valence-electron chi connectivity index (χ1n) is 10.2. The van der Waals surface area contributed by atoms with Gasteiger partial charge >= 0.3 is 0 Å². The average molecular weight is 346 g/mol. The molecule has 0 aliphatic rings. The van der Waals surface area contributed by atoms with E-state index in [1.807, 2.05) is 0 Å². The SMILES string of the molecule is CCCCCCOCCN(CCCCCCCCO)CCCOC. The van der Waals surface area contributed by atoms with Crippen LogP contribution in [0.2, 0.25) is 0 Å². The monoisotopic (exact) mass is 345 g/mol. The molecule has 24 heavy (non-hydrogen) atoms. The lowest BCUT2D eigenvalue weighted by Gasteiger charge is -2.22. The van der Waals surface area contributed by atoms with Gasteiger partial charge in [-0.1, -0.05) is 51.9 Å². The fourth-order valence-electron chi connectivity index (χ4n) is 2.85. The molecule has 0 unspecified atom stereocenters. The van der Waals surface area contributed by atoms with Gasteiger partial charge < -0.3 is 19.5 Å². The first-order valence-corrected chi connectivity index (χ1v) is 10.2. The molecule has 0 aromatic carbocycles. The number of hydrogen-bond acceptors (Lipinski definition) is 4. The van der Waals surface area contributed by atoms with Gasteiger partial charge in [-0.2, -0.15) is 0 Å². The summed E-state index contributed by atoms with van der Waals surface area (Å²) in [5.74, 6) is 0. The number of ether oxygens (including phenoxy) is 2. The van der Waals surface area contributed by atoms with Crippen LogP contribution in [0.3, 0.4) is 0 Å². The van der Waals surface area contributed by atoms with Gasteiger partial charge in [0.25, 0.3) is 0 Å². The standard InChI is InChI=1S/C20H43NO3/c1-3-4-5-12-19-24-20-16-21(15-13-18-23-2)14-10-8-6-7-9-11-17-22/h22H,3-20H2,1-2H3. The fourth-order valence-corrected chi connectivity index (χ4v) is 2.85. The van der Waals surface area contributed by atoms with Crippen molar-refractivity contribution in [2.75, 3.05) is 53.2 Å². The van der Waals surface area contributed by atoms with Crippen molar-refractivity contribution in [2.45, 2.75) is 77.6 Å². The number of aliphatic hydroxyl groups is 1. The van der Waals surface area contributed by atoms with Crippen LogP contribution in [-0.2, 0) is 9.47 Å². The highest BCUT2D eigenvalue weighted by molar-refractivity contribution is 4.59. The summed E-state index contributed by atoms with van der Waals surface area (Å²) in [5.41, 5.74) is 0. The van der Waals surface area contributed by atoms with Gasteiger partial charge in [0.1, 0.15) is 0 Å². The summed E-state index contributed by atoms with van der Waals surface area (Å²) >= 11 is 0. The largest absolute Gasteiger partial charge is 0.396 e. The van der Waals surface area contributed by atoms with Crippen LogP contribution < -0.4 is 0 Å². The zero-order valence-electron chi connectivity index (χ0n) is 16.4. The van der Waals surface area contributed by atoms with Crippen LogP contribution in [0, 0.1) is 0 Å². The third-order valence-corrected chi connectivity index (χ3v) is 4.40. The predicted molar refractivity (Wildman–Crippen MR) is 103 cm³/mol. The maximum atomic E-state index is 8.78. The molecule has 0 heterocycles. The average Bonchev–Trinajstić information content (AvgIpc) is 2.59. The van der Waals surface area contributed by atoms with Crippen molar-refractivity contribution in [1.29, 1.82) is 0 Å². The van der Waals surface area contributed by atoms with Gasteiger partial charge in [0, 0.05) is 40.0 Å². The summed E-state index contributed by atoms with van der Waals surface area (Å²) in [6.07, 6.45) is 13.4. The lowest BCUT2D eigenvalue weighted by molar-refractivity contribution is 0.0947. The molecule has 0 amide bonds. The Morgan fingerprint density at radius 3 is 2.04 bits per heavy atom. The number of aliphatic hydroxyl groups excluding tert-OH is 1. The first kappa shape index (κ1) is 23.8. The Morgan fingerprint density at radius 2 is 1.33 bits per heavy atom. The zero-order valence-corrected chi connectivity index (χ0v) is 16.4. The van der Waals surface area contributed by atoms with Gasteiger partial charge in [0.05, 0.1) is 6.61 Å². The lowest BCUT2D eigenvalue weighted by atomic mass is 10.1. The smallest absolute Gasteiger partial charge is 0.0593 e. The van der Waals surface area contributed by atoms with Crippen molar-refractivity contribution in [2.24, 2.45) is 0 Å². The summed E-state index contributed by atoms with van der Waals surface area (Å²) < 4.78 is 11.0. The van der Waals surface area contributed by atoms with E-state index in [-0.39, 0.29) is 0 Å². The van der Waals surface area contributed by atoms with Crippen LogP contribution in [0.4, 0.5) is 0 Å². The molecule has 0 aliphatic heterocycles. The quantitative estimate of drug-likeness (QED) is 0.335. The van der Waals surface area contributed by atoms with E-state index in [0.29, 0.717) is 6.61 Å². The molecule has 4 nitrogen and oxygen atoms in total. The van der Waals surface area contributed by atoms with Crippen molar-refractivity contribution in [1.82, 2.24) is 4.90 Å². The second kappa shape index (κ2) is 20.9. The van der Waals surface area contributed by atoms with E-state index in [1.54, 1.807) is 7.11 Å². The Labute approximate surface area is 150 Å². The summed E-state index contributed by atoms with van der Waals surface area (Å²) in [7, 11) is 1.77. The van der Waals surface area contributed by atoms with E-state index in [0.717, 1.165) is 45.8 Å². The first-order chi connectivity index (χ1) is 11.8. The van der Waals surface area contributed by atoms with E-state index < -0.39 is 0 Å². The Bertz CT molecular complexity index is 209. The van der Waals surface area contributed by atoms with Crippen molar-refractivity contribution in [3.8, 4) is 0 Å². The van der Waals surface area contributed by atoms with Crippen molar-refractivity contribution in [3.63, 3.8) is 0 Å². The summed E-state index contributed by atoms with van der Waals surface area (Å²) in [4.78, 5) is 2.53.